The highest BCUT2D eigenvalue weighted by Crippen LogP contribution is 2.31. The third kappa shape index (κ3) is 1.53. The number of hydrogen-bond acceptors (Lipinski definition) is 5. The first-order chi connectivity index (χ1) is 7.43. The van der Waals surface area contributed by atoms with Gasteiger partial charge in [-0.15, -0.1) is 0 Å². The Morgan fingerprint density at radius 2 is 2.12 bits per heavy atom. The van der Waals surface area contributed by atoms with Gasteiger partial charge in [-0.25, -0.2) is 9.97 Å². The van der Waals surface area contributed by atoms with Crippen molar-refractivity contribution in [2.75, 3.05) is 5.73 Å². The van der Waals surface area contributed by atoms with Crippen molar-refractivity contribution in [3.63, 3.8) is 0 Å². The second-order valence-corrected chi connectivity index (χ2v) is 4.51. The number of allylic oxidation sites excluding steroid dienone is 1. The second-order valence-electron chi connectivity index (χ2n) is 4.51. The molecule has 0 radical (unpaired) electrons. The van der Waals surface area contributed by atoms with Gasteiger partial charge >= 0.3 is 0 Å². The molecule has 1 atom stereocenters. The molecule has 2 rings (SSSR count). The first kappa shape index (κ1) is 10.9. The molecule has 5 N–H and O–H groups in total. The summed E-state index contributed by atoms with van der Waals surface area (Å²) in [5, 5.41) is 3.27. The van der Waals surface area contributed by atoms with Crippen LogP contribution >= 0.6 is 0 Å². The van der Waals surface area contributed by atoms with E-state index in [9.17, 15) is 0 Å². The summed E-state index contributed by atoms with van der Waals surface area (Å²) in [5.41, 5.74) is 14.0. The van der Waals surface area contributed by atoms with Crippen molar-refractivity contribution in [1.29, 1.82) is 0 Å². The average molecular weight is 219 g/mol. The molecule has 1 aliphatic heterocycles. The van der Waals surface area contributed by atoms with Gasteiger partial charge in [0.15, 0.2) is 0 Å². The zero-order valence-corrected chi connectivity index (χ0v) is 9.78. The first-order valence-corrected chi connectivity index (χ1v) is 5.32. The number of anilines is 1. The zero-order valence-electron chi connectivity index (χ0n) is 9.78. The van der Waals surface area contributed by atoms with Crippen LogP contribution in [-0.4, -0.2) is 9.97 Å². The Hall–Kier alpha value is -1.62. The van der Waals surface area contributed by atoms with Crippen LogP contribution in [0.5, 0.6) is 0 Å². The summed E-state index contributed by atoms with van der Waals surface area (Å²) >= 11 is 0. The minimum atomic E-state index is -0.675. The molecule has 0 bridgehead atoms. The summed E-state index contributed by atoms with van der Waals surface area (Å²) in [6.45, 7) is 6.07. The van der Waals surface area contributed by atoms with Gasteiger partial charge < -0.3 is 16.8 Å². The molecule has 0 aliphatic carbocycles. The zero-order chi connectivity index (χ0) is 11.9. The average Bonchev–Trinajstić information content (AvgIpc) is 2.19. The quantitative estimate of drug-likeness (QED) is 0.649. The predicted octanol–water partition coefficient (Wildman–Crippen LogP) is 0.790. The van der Waals surface area contributed by atoms with Gasteiger partial charge in [0.05, 0.1) is 5.69 Å². The molecule has 1 aliphatic rings. The molecular formula is C11H17N5. The fourth-order valence-corrected chi connectivity index (χ4v) is 1.91. The van der Waals surface area contributed by atoms with Gasteiger partial charge in [-0.3, -0.25) is 0 Å². The van der Waals surface area contributed by atoms with E-state index in [-0.39, 0.29) is 11.9 Å². The number of nitrogens with two attached hydrogens (primary N) is 2. The molecule has 0 fully saturated rings. The van der Waals surface area contributed by atoms with Crippen LogP contribution in [0.1, 0.15) is 32.0 Å². The Bertz CT molecular complexity index is 452. The van der Waals surface area contributed by atoms with Gasteiger partial charge in [-0.1, -0.05) is 13.8 Å². The monoisotopic (exact) mass is 219 g/mol. The first-order valence-electron chi connectivity index (χ1n) is 5.32. The number of nitrogens with zero attached hydrogens (tertiary/aromatic N) is 2. The smallest absolute Gasteiger partial charge is 0.220 e. The van der Waals surface area contributed by atoms with Crippen LogP contribution < -0.4 is 16.8 Å². The summed E-state index contributed by atoms with van der Waals surface area (Å²) < 4.78 is 0. The Morgan fingerprint density at radius 1 is 1.44 bits per heavy atom. The molecule has 1 aromatic rings. The molecule has 0 aromatic carbocycles. The minimum Gasteiger partial charge on any atom is -0.368 e. The lowest BCUT2D eigenvalue weighted by Crippen LogP contribution is -2.56. The summed E-state index contributed by atoms with van der Waals surface area (Å²) in [5.74, 6) is 0.452. The van der Waals surface area contributed by atoms with E-state index in [1.165, 1.54) is 0 Å². The van der Waals surface area contributed by atoms with Crippen molar-refractivity contribution in [2.24, 2.45) is 11.7 Å². The van der Waals surface area contributed by atoms with Crippen molar-refractivity contribution >= 4 is 12.0 Å². The lowest BCUT2D eigenvalue weighted by Gasteiger charge is -2.38. The van der Waals surface area contributed by atoms with Crippen molar-refractivity contribution in [2.45, 2.75) is 26.4 Å². The van der Waals surface area contributed by atoms with Crippen LogP contribution in [0.15, 0.2) is 11.9 Å². The van der Waals surface area contributed by atoms with E-state index in [1.807, 2.05) is 26.8 Å². The van der Waals surface area contributed by atoms with Crippen molar-refractivity contribution in [3.8, 4) is 0 Å². The number of fused-ring (bicyclic) bond motifs is 1. The van der Waals surface area contributed by atoms with E-state index in [4.69, 9.17) is 11.5 Å². The van der Waals surface area contributed by atoms with E-state index in [0.717, 1.165) is 17.0 Å². The molecule has 16 heavy (non-hydrogen) atoms. The summed E-state index contributed by atoms with van der Waals surface area (Å²) in [7, 11) is 0. The molecule has 1 unspecified atom stereocenters. The fraction of sp³-hybridized carbons (Fsp3) is 0.455. The van der Waals surface area contributed by atoms with Crippen LogP contribution in [0.25, 0.3) is 6.08 Å². The highest BCUT2D eigenvalue weighted by atomic mass is 15.2. The lowest BCUT2D eigenvalue weighted by atomic mass is 9.87. The van der Waals surface area contributed by atoms with Gasteiger partial charge in [-0.2, -0.15) is 0 Å². The third-order valence-electron chi connectivity index (χ3n) is 2.91. The third-order valence-corrected chi connectivity index (χ3v) is 2.91. The van der Waals surface area contributed by atoms with Crippen LogP contribution in [0.3, 0.4) is 0 Å². The maximum Gasteiger partial charge on any atom is 0.220 e. The Balaban J connectivity index is 2.64. The standard InChI is InChI=1S/C11H17N5/c1-6(2)11(13)9-8(4-7(3)16-11)5-14-10(12)15-9/h4-6,16H,13H2,1-3H3,(H2,12,14,15). The van der Waals surface area contributed by atoms with E-state index in [0.29, 0.717) is 0 Å². The SMILES string of the molecule is CC1=Cc2cnc(N)nc2C(N)(C(C)C)N1. The number of hydrogen-bond donors (Lipinski definition) is 3. The maximum atomic E-state index is 6.38. The van der Waals surface area contributed by atoms with Crippen molar-refractivity contribution in [1.82, 2.24) is 15.3 Å². The van der Waals surface area contributed by atoms with E-state index >= 15 is 0 Å². The van der Waals surface area contributed by atoms with Gasteiger partial charge in [0.2, 0.25) is 5.95 Å². The molecule has 5 heteroatoms. The number of nitrogens with one attached hydrogen (secondary N) is 1. The molecule has 0 spiro atoms. The van der Waals surface area contributed by atoms with Crippen molar-refractivity contribution in [3.05, 3.63) is 23.2 Å². The fourth-order valence-electron chi connectivity index (χ4n) is 1.91. The predicted molar refractivity (Wildman–Crippen MR) is 63.9 cm³/mol. The van der Waals surface area contributed by atoms with Crippen LogP contribution in [0, 0.1) is 5.92 Å². The molecule has 5 nitrogen and oxygen atoms in total. The largest absolute Gasteiger partial charge is 0.368 e. The van der Waals surface area contributed by atoms with Gasteiger partial charge in [0.1, 0.15) is 5.66 Å². The molecule has 86 valence electrons. The molecule has 1 aromatic heterocycles. The Labute approximate surface area is 95.0 Å². The Kier molecular flexibility index (Phi) is 2.35. The second kappa shape index (κ2) is 3.45. The Morgan fingerprint density at radius 3 is 2.75 bits per heavy atom. The van der Waals surface area contributed by atoms with Crippen LogP contribution in [0.4, 0.5) is 5.95 Å². The van der Waals surface area contributed by atoms with Crippen molar-refractivity contribution < 1.29 is 0 Å². The highest BCUT2D eigenvalue weighted by molar-refractivity contribution is 5.59. The van der Waals surface area contributed by atoms with Crippen LogP contribution in [-0.2, 0) is 5.66 Å². The number of aromatic nitrogens is 2. The lowest BCUT2D eigenvalue weighted by molar-refractivity contribution is 0.259. The molecule has 0 amide bonds. The molecular weight excluding hydrogens is 202 g/mol. The number of nitrogen functional groups attached to an aromatic ring is 1. The maximum absolute atomic E-state index is 6.38. The minimum absolute atomic E-state index is 0.198. The van der Waals surface area contributed by atoms with E-state index in [2.05, 4.69) is 15.3 Å². The normalized spacial score (nSPS) is 23.7. The van der Waals surface area contributed by atoms with Gasteiger partial charge in [-0.05, 0) is 18.9 Å². The summed E-state index contributed by atoms with van der Waals surface area (Å²) in [6.07, 6.45) is 3.69. The topological polar surface area (TPSA) is 89.8 Å². The van der Waals surface area contributed by atoms with E-state index < -0.39 is 5.66 Å². The molecule has 0 saturated carbocycles. The molecule has 2 heterocycles. The number of rotatable bonds is 1. The van der Waals surface area contributed by atoms with E-state index in [1.54, 1.807) is 6.20 Å². The van der Waals surface area contributed by atoms with Crippen LogP contribution in [0.2, 0.25) is 0 Å². The highest BCUT2D eigenvalue weighted by Gasteiger charge is 2.37. The van der Waals surface area contributed by atoms with Gasteiger partial charge in [0.25, 0.3) is 0 Å². The van der Waals surface area contributed by atoms with Gasteiger partial charge in [0, 0.05) is 17.5 Å². The summed E-state index contributed by atoms with van der Waals surface area (Å²) in [6, 6.07) is 0. The molecule has 0 saturated heterocycles. The summed E-state index contributed by atoms with van der Waals surface area (Å²) in [4.78, 5) is 8.25.